The van der Waals surface area contributed by atoms with Crippen LogP contribution in [0.2, 0.25) is 0 Å². The van der Waals surface area contributed by atoms with E-state index in [0.717, 1.165) is 34.2 Å². The molecule has 1 saturated heterocycles. The molecule has 0 spiro atoms. The molecule has 1 aromatic carbocycles. The van der Waals surface area contributed by atoms with Gasteiger partial charge in [0.05, 0.1) is 12.2 Å². The first-order valence-corrected chi connectivity index (χ1v) is 8.71. The van der Waals surface area contributed by atoms with E-state index in [1.807, 2.05) is 48.2 Å². The molecule has 0 aliphatic carbocycles. The number of ether oxygens (including phenoxy) is 1. The summed E-state index contributed by atoms with van der Waals surface area (Å²) in [4.78, 5) is 14.5. The van der Waals surface area contributed by atoms with Gasteiger partial charge >= 0.3 is 0 Å². The van der Waals surface area contributed by atoms with Crippen LogP contribution in [-0.4, -0.2) is 40.2 Å². The van der Waals surface area contributed by atoms with Crippen molar-refractivity contribution in [3.63, 3.8) is 0 Å². The normalized spacial score (nSPS) is 17.8. The van der Waals surface area contributed by atoms with Crippen LogP contribution >= 0.6 is 22.6 Å². The fraction of sp³-hybridized carbons (Fsp3) is 0.353. The fourth-order valence-corrected chi connectivity index (χ4v) is 2.97. The molecule has 3 rings (SSSR count). The number of aryl methyl sites for hydroxylation is 1. The van der Waals surface area contributed by atoms with Crippen LogP contribution < -0.4 is 4.74 Å². The van der Waals surface area contributed by atoms with Crippen LogP contribution in [0.4, 0.5) is 0 Å². The van der Waals surface area contributed by atoms with Crippen molar-refractivity contribution in [1.29, 1.82) is 0 Å². The molecule has 0 N–H and O–H groups in total. The summed E-state index contributed by atoms with van der Waals surface area (Å²) in [6.45, 7) is 3.24. The number of nitrogens with zero attached hydrogens (tertiary/aromatic N) is 3. The van der Waals surface area contributed by atoms with Gasteiger partial charge in [-0.3, -0.25) is 4.79 Å². The third-order valence-electron chi connectivity index (χ3n) is 3.82. The topological polar surface area (TPSA) is 55.3 Å². The number of rotatable bonds is 3. The lowest BCUT2D eigenvalue weighted by atomic mass is 10.1. The van der Waals surface area contributed by atoms with Gasteiger partial charge in [0, 0.05) is 21.7 Å². The summed E-state index contributed by atoms with van der Waals surface area (Å²) < 4.78 is 7.00. The number of hydrogen-bond donors (Lipinski definition) is 0. The van der Waals surface area contributed by atoms with Crippen molar-refractivity contribution >= 4 is 28.5 Å². The van der Waals surface area contributed by atoms with Gasteiger partial charge in [0.1, 0.15) is 6.10 Å². The molecular formula is C17H18IN3O2. The molecule has 23 heavy (non-hydrogen) atoms. The van der Waals surface area contributed by atoms with Crippen LogP contribution in [-0.2, 0) is 0 Å². The predicted octanol–water partition coefficient (Wildman–Crippen LogP) is 3.07. The van der Waals surface area contributed by atoms with Gasteiger partial charge in [-0.2, -0.15) is 5.10 Å². The van der Waals surface area contributed by atoms with Crippen LogP contribution in [0, 0.1) is 10.5 Å². The van der Waals surface area contributed by atoms with Crippen LogP contribution in [0.25, 0.3) is 0 Å². The molecule has 120 valence electrons. The molecule has 0 bridgehead atoms. The molecule has 1 aliphatic rings. The molecule has 1 fully saturated rings. The quantitative estimate of drug-likeness (QED) is 0.713. The molecule has 5 nitrogen and oxygen atoms in total. The number of benzene rings is 1. The lowest BCUT2D eigenvalue weighted by molar-refractivity contribution is 0.0525. The molecule has 2 aromatic rings. The van der Waals surface area contributed by atoms with Gasteiger partial charge in [-0.25, -0.2) is 0 Å². The predicted molar refractivity (Wildman–Crippen MR) is 95.5 cm³/mol. The largest absolute Gasteiger partial charge is 0.471 e. The molecule has 1 unspecified atom stereocenters. The van der Waals surface area contributed by atoms with Gasteiger partial charge < -0.3 is 9.64 Å². The summed E-state index contributed by atoms with van der Waals surface area (Å²) in [7, 11) is 0. The standard InChI is InChI=1S/C17H18IN3O2/c1-12-4-9-16(20-19-12)23-15-3-2-10-21(11-15)17(22)13-5-7-14(18)8-6-13/h4-9,15H,2-3,10-11H2,1H3. The Bertz CT molecular complexity index is 673. The maximum absolute atomic E-state index is 12.6. The zero-order valence-corrected chi connectivity index (χ0v) is 15.1. The zero-order valence-electron chi connectivity index (χ0n) is 12.9. The first kappa shape index (κ1) is 16.2. The summed E-state index contributed by atoms with van der Waals surface area (Å²) >= 11 is 2.23. The Hall–Kier alpha value is -1.70. The summed E-state index contributed by atoms with van der Waals surface area (Å²) in [6.07, 6.45) is 1.82. The Morgan fingerprint density at radius 3 is 2.70 bits per heavy atom. The average molecular weight is 423 g/mol. The van der Waals surface area contributed by atoms with Crippen molar-refractivity contribution in [3.05, 3.63) is 51.2 Å². The minimum atomic E-state index is -0.0337. The second kappa shape index (κ2) is 7.25. The Kier molecular flexibility index (Phi) is 5.09. The van der Waals surface area contributed by atoms with Crippen LogP contribution in [0.1, 0.15) is 28.9 Å². The van der Waals surface area contributed by atoms with E-state index in [4.69, 9.17) is 4.74 Å². The minimum Gasteiger partial charge on any atom is -0.471 e. The number of likely N-dealkylation sites (tertiary alicyclic amines) is 1. The SMILES string of the molecule is Cc1ccc(OC2CCCN(C(=O)c3ccc(I)cc3)C2)nn1. The monoisotopic (exact) mass is 423 g/mol. The lowest BCUT2D eigenvalue weighted by Crippen LogP contribution is -2.44. The molecule has 1 aromatic heterocycles. The van der Waals surface area contributed by atoms with Gasteiger partial charge in [0.25, 0.3) is 5.91 Å². The minimum absolute atomic E-state index is 0.0337. The molecule has 2 heterocycles. The first-order valence-electron chi connectivity index (χ1n) is 7.63. The molecule has 6 heteroatoms. The van der Waals surface area contributed by atoms with E-state index >= 15 is 0 Å². The van der Waals surface area contributed by atoms with E-state index in [2.05, 4.69) is 32.8 Å². The number of carbonyl (C=O) groups excluding carboxylic acids is 1. The van der Waals surface area contributed by atoms with Crippen molar-refractivity contribution in [3.8, 4) is 5.88 Å². The Balaban J connectivity index is 1.64. The Morgan fingerprint density at radius 1 is 1.22 bits per heavy atom. The molecule has 1 aliphatic heterocycles. The molecule has 0 radical (unpaired) electrons. The maximum Gasteiger partial charge on any atom is 0.253 e. The number of halogens is 1. The zero-order chi connectivity index (χ0) is 16.2. The maximum atomic E-state index is 12.6. The van der Waals surface area contributed by atoms with E-state index < -0.39 is 0 Å². The number of piperidine rings is 1. The van der Waals surface area contributed by atoms with Gasteiger partial charge in [-0.05, 0) is 72.7 Å². The van der Waals surface area contributed by atoms with Crippen LogP contribution in [0.15, 0.2) is 36.4 Å². The second-order valence-corrected chi connectivity index (χ2v) is 6.90. The highest BCUT2D eigenvalue weighted by molar-refractivity contribution is 14.1. The highest BCUT2D eigenvalue weighted by Crippen LogP contribution is 2.18. The van der Waals surface area contributed by atoms with E-state index in [0.29, 0.717) is 12.4 Å². The van der Waals surface area contributed by atoms with E-state index in [9.17, 15) is 4.79 Å². The summed E-state index contributed by atoms with van der Waals surface area (Å²) in [5.41, 5.74) is 1.58. The number of carbonyl (C=O) groups is 1. The third kappa shape index (κ3) is 4.19. The van der Waals surface area contributed by atoms with Crippen molar-refractivity contribution in [2.75, 3.05) is 13.1 Å². The van der Waals surface area contributed by atoms with Crippen molar-refractivity contribution in [1.82, 2.24) is 15.1 Å². The van der Waals surface area contributed by atoms with Crippen molar-refractivity contribution < 1.29 is 9.53 Å². The van der Waals surface area contributed by atoms with Crippen molar-refractivity contribution in [2.24, 2.45) is 0 Å². The second-order valence-electron chi connectivity index (χ2n) is 5.65. The Labute approximate surface area is 149 Å². The lowest BCUT2D eigenvalue weighted by Gasteiger charge is -2.32. The van der Waals surface area contributed by atoms with E-state index in [1.54, 1.807) is 0 Å². The van der Waals surface area contributed by atoms with E-state index in [1.165, 1.54) is 0 Å². The number of aromatic nitrogens is 2. The van der Waals surface area contributed by atoms with Crippen LogP contribution in [0.5, 0.6) is 5.88 Å². The Morgan fingerprint density at radius 2 is 2.00 bits per heavy atom. The smallest absolute Gasteiger partial charge is 0.253 e. The summed E-state index contributed by atoms with van der Waals surface area (Å²) in [5.74, 6) is 0.578. The molecule has 0 saturated carbocycles. The molecule has 1 amide bonds. The summed E-state index contributed by atoms with van der Waals surface area (Å²) in [5, 5.41) is 8.03. The van der Waals surface area contributed by atoms with Gasteiger partial charge in [0.15, 0.2) is 0 Å². The highest BCUT2D eigenvalue weighted by Gasteiger charge is 2.26. The number of hydrogen-bond acceptors (Lipinski definition) is 4. The number of amides is 1. The van der Waals surface area contributed by atoms with Crippen molar-refractivity contribution in [2.45, 2.75) is 25.9 Å². The fourth-order valence-electron chi connectivity index (χ4n) is 2.61. The highest BCUT2D eigenvalue weighted by atomic mass is 127. The average Bonchev–Trinajstić information content (AvgIpc) is 2.57. The van der Waals surface area contributed by atoms with Gasteiger partial charge in [-0.1, -0.05) is 0 Å². The first-order chi connectivity index (χ1) is 11.1. The molecular weight excluding hydrogens is 405 g/mol. The molecule has 1 atom stereocenters. The van der Waals surface area contributed by atoms with E-state index in [-0.39, 0.29) is 12.0 Å². The third-order valence-corrected chi connectivity index (χ3v) is 4.54. The van der Waals surface area contributed by atoms with Crippen LogP contribution in [0.3, 0.4) is 0 Å². The van der Waals surface area contributed by atoms with Gasteiger partial charge in [-0.15, -0.1) is 5.10 Å². The summed E-state index contributed by atoms with van der Waals surface area (Å²) in [6, 6.07) is 11.4. The van der Waals surface area contributed by atoms with Gasteiger partial charge in [0.2, 0.25) is 5.88 Å².